The SMILES string of the molecule is NC1(C(=O)Nc2nc3ccc(Cl)cc3s2)CCCC1. The van der Waals surface area contributed by atoms with E-state index in [1.54, 1.807) is 6.07 Å². The third-order valence-electron chi connectivity index (χ3n) is 3.52. The molecule has 100 valence electrons. The Bertz CT molecular complexity index is 634. The maximum atomic E-state index is 12.2. The van der Waals surface area contributed by atoms with Gasteiger partial charge in [0.2, 0.25) is 5.91 Å². The summed E-state index contributed by atoms with van der Waals surface area (Å²) in [7, 11) is 0. The van der Waals surface area contributed by atoms with Crippen LogP contribution in [0.4, 0.5) is 5.13 Å². The summed E-state index contributed by atoms with van der Waals surface area (Å²) in [6, 6.07) is 5.48. The van der Waals surface area contributed by atoms with E-state index in [9.17, 15) is 4.79 Å². The summed E-state index contributed by atoms with van der Waals surface area (Å²) < 4.78 is 0.959. The number of carbonyl (C=O) groups is 1. The van der Waals surface area contributed by atoms with Crippen molar-refractivity contribution in [3.05, 3.63) is 23.2 Å². The Morgan fingerprint density at radius 1 is 1.42 bits per heavy atom. The molecular formula is C13H14ClN3OS. The third-order valence-corrected chi connectivity index (χ3v) is 4.69. The molecule has 0 unspecified atom stereocenters. The molecule has 0 aliphatic heterocycles. The van der Waals surface area contributed by atoms with Gasteiger partial charge in [-0.15, -0.1) is 0 Å². The van der Waals surface area contributed by atoms with Crippen LogP contribution in [0.2, 0.25) is 5.02 Å². The first-order valence-corrected chi connectivity index (χ1v) is 7.43. The number of thiazole rings is 1. The quantitative estimate of drug-likeness (QED) is 0.894. The second kappa shape index (κ2) is 4.74. The summed E-state index contributed by atoms with van der Waals surface area (Å²) in [6.07, 6.45) is 3.52. The second-order valence-corrected chi connectivity index (χ2v) is 6.42. The van der Waals surface area contributed by atoms with E-state index in [2.05, 4.69) is 10.3 Å². The molecule has 0 bridgehead atoms. The van der Waals surface area contributed by atoms with Gasteiger partial charge in [-0.3, -0.25) is 4.79 Å². The highest BCUT2D eigenvalue weighted by atomic mass is 35.5. The molecule has 19 heavy (non-hydrogen) atoms. The Labute approximate surface area is 120 Å². The number of fused-ring (bicyclic) bond motifs is 1. The standard InChI is InChI=1S/C13H14ClN3OS/c14-8-3-4-9-10(7-8)19-12(16-9)17-11(18)13(15)5-1-2-6-13/h3-4,7H,1-2,5-6,15H2,(H,16,17,18). The Balaban J connectivity index is 1.83. The van der Waals surface area contributed by atoms with E-state index in [1.165, 1.54) is 11.3 Å². The van der Waals surface area contributed by atoms with Crippen LogP contribution in [0.5, 0.6) is 0 Å². The predicted molar refractivity (Wildman–Crippen MR) is 78.6 cm³/mol. The summed E-state index contributed by atoms with van der Waals surface area (Å²) in [5.74, 6) is -0.129. The summed E-state index contributed by atoms with van der Waals surface area (Å²) in [5.41, 5.74) is 6.22. The molecule has 0 saturated heterocycles. The van der Waals surface area contributed by atoms with E-state index >= 15 is 0 Å². The van der Waals surface area contributed by atoms with Gasteiger partial charge in [0, 0.05) is 5.02 Å². The van der Waals surface area contributed by atoms with Crippen LogP contribution >= 0.6 is 22.9 Å². The number of amides is 1. The molecule has 1 aliphatic carbocycles. The van der Waals surface area contributed by atoms with E-state index in [-0.39, 0.29) is 5.91 Å². The lowest BCUT2D eigenvalue weighted by Gasteiger charge is -2.21. The monoisotopic (exact) mass is 295 g/mol. The van der Waals surface area contributed by atoms with Crippen molar-refractivity contribution in [1.29, 1.82) is 0 Å². The molecule has 1 heterocycles. The number of benzene rings is 1. The van der Waals surface area contributed by atoms with Gasteiger partial charge >= 0.3 is 0 Å². The van der Waals surface area contributed by atoms with Gasteiger partial charge in [0.15, 0.2) is 5.13 Å². The van der Waals surface area contributed by atoms with E-state index < -0.39 is 5.54 Å². The smallest absolute Gasteiger partial charge is 0.246 e. The highest BCUT2D eigenvalue weighted by Crippen LogP contribution is 2.31. The predicted octanol–water partition coefficient (Wildman–Crippen LogP) is 3.16. The average molecular weight is 296 g/mol. The molecule has 1 aliphatic rings. The summed E-state index contributed by atoms with van der Waals surface area (Å²) >= 11 is 7.35. The van der Waals surface area contributed by atoms with Gasteiger partial charge in [-0.25, -0.2) is 4.98 Å². The van der Waals surface area contributed by atoms with Gasteiger partial charge in [-0.05, 0) is 31.0 Å². The number of halogens is 1. The zero-order valence-corrected chi connectivity index (χ0v) is 11.9. The van der Waals surface area contributed by atoms with Crippen LogP contribution in [0, 0.1) is 0 Å². The van der Waals surface area contributed by atoms with Crippen molar-refractivity contribution < 1.29 is 4.79 Å². The number of carbonyl (C=O) groups excluding carboxylic acids is 1. The van der Waals surface area contributed by atoms with Crippen molar-refractivity contribution in [2.24, 2.45) is 5.73 Å². The van der Waals surface area contributed by atoms with Crippen molar-refractivity contribution in [2.45, 2.75) is 31.2 Å². The lowest BCUT2D eigenvalue weighted by Crippen LogP contribution is -2.48. The van der Waals surface area contributed by atoms with Crippen LogP contribution in [-0.2, 0) is 4.79 Å². The largest absolute Gasteiger partial charge is 0.317 e. The fraction of sp³-hybridized carbons (Fsp3) is 0.385. The lowest BCUT2D eigenvalue weighted by atomic mass is 9.98. The molecule has 4 nitrogen and oxygen atoms in total. The first-order chi connectivity index (χ1) is 9.07. The molecule has 0 spiro atoms. The summed E-state index contributed by atoms with van der Waals surface area (Å²) in [4.78, 5) is 16.6. The van der Waals surface area contributed by atoms with E-state index in [1.807, 2.05) is 12.1 Å². The van der Waals surface area contributed by atoms with Gasteiger partial charge in [-0.1, -0.05) is 35.8 Å². The molecule has 6 heteroatoms. The highest BCUT2D eigenvalue weighted by Gasteiger charge is 2.37. The molecule has 3 rings (SSSR count). The number of rotatable bonds is 2. The Morgan fingerprint density at radius 3 is 2.89 bits per heavy atom. The number of aromatic nitrogens is 1. The third kappa shape index (κ3) is 2.45. The fourth-order valence-corrected chi connectivity index (χ4v) is 3.54. The van der Waals surface area contributed by atoms with Crippen molar-refractivity contribution in [3.63, 3.8) is 0 Å². The molecule has 0 atom stereocenters. The maximum Gasteiger partial charge on any atom is 0.246 e. The topological polar surface area (TPSA) is 68.0 Å². The molecule has 1 aromatic heterocycles. The van der Waals surface area contributed by atoms with Crippen molar-refractivity contribution >= 4 is 44.2 Å². The van der Waals surface area contributed by atoms with E-state index in [0.29, 0.717) is 10.2 Å². The Kier molecular flexibility index (Phi) is 3.20. The van der Waals surface area contributed by atoms with Crippen LogP contribution < -0.4 is 11.1 Å². The molecular weight excluding hydrogens is 282 g/mol. The number of hydrogen-bond donors (Lipinski definition) is 2. The van der Waals surface area contributed by atoms with Gasteiger partial charge in [0.25, 0.3) is 0 Å². The van der Waals surface area contributed by atoms with E-state index in [4.69, 9.17) is 17.3 Å². The van der Waals surface area contributed by atoms with Crippen LogP contribution in [0.25, 0.3) is 10.2 Å². The van der Waals surface area contributed by atoms with Crippen molar-refractivity contribution in [2.75, 3.05) is 5.32 Å². The fourth-order valence-electron chi connectivity index (χ4n) is 2.41. The Morgan fingerprint density at radius 2 is 2.16 bits per heavy atom. The first kappa shape index (κ1) is 12.8. The minimum absolute atomic E-state index is 0.129. The first-order valence-electron chi connectivity index (χ1n) is 6.23. The van der Waals surface area contributed by atoms with Crippen LogP contribution in [0.3, 0.4) is 0 Å². The number of anilines is 1. The van der Waals surface area contributed by atoms with Crippen LogP contribution in [0.15, 0.2) is 18.2 Å². The van der Waals surface area contributed by atoms with Gasteiger partial charge < -0.3 is 11.1 Å². The van der Waals surface area contributed by atoms with Crippen molar-refractivity contribution in [1.82, 2.24) is 4.98 Å². The minimum atomic E-state index is -0.727. The Hall–Kier alpha value is -1.17. The zero-order chi connectivity index (χ0) is 13.5. The van der Waals surface area contributed by atoms with E-state index in [0.717, 1.165) is 35.9 Å². The lowest BCUT2D eigenvalue weighted by molar-refractivity contribution is -0.120. The molecule has 1 fully saturated rings. The molecule has 1 amide bonds. The number of hydrogen-bond acceptors (Lipinski definition) is 4. The van der Waals surface area contributed by atoms with Crippen molar-refractivity contribution in [3.8, 4) is 0 Å². The number of nitrogens with zero attached hydrogens (tertiary/aromatic N) is 1. The molecule has 0 radical (unpaired) electrons. The highest BCUT2D eigenvalue weighted by molar-refractivity contribution is 7.22. The molecule has 2 aromatic rings. The zero-order valence-electron chi connectivity index (χ0n) is 10.3. The van der Waals surface area contributed by atoms with Gasteiger partial charge in [0.1, 0.15) is 0 Å². The number of nitrogens with one attached hydrogen (secondary N) is 1. The number of nitrogens with two attached hydrogens (primary N) is 1. The van der Waals surface area contributed by atoms with Crippen LogP contribution in [0.1, 0.15) is 25.7 Å². The average Bonchev–Trinajstić information content (AvgIpc) is 2.95. The van der Waals surface area contributed by atoms with Crippen LogP contribution in [-0.4, -0.2) is 16.4 Å². The van der Waals surface area contributed by atoms with Gasteiger partial charge in [0.05, 0.1) is 15.8 Å². The molecule has 3 N–H and O–H groups in total. The molecule has 1 saturated carbocycles. The second-order valence-electron chi connectivity index (χ2n) is 4.95. The summed E-state index contributed by atoms with van der Waals surface area (Å²) in [5, 5.41) is 4.08. The summed E-state index contributed by atoms with van der Waals surface area (Å²) in [6.45, 7) is 0. The maximum absolute atomic E-state index is 12.2. The normalized spacial score (nSPS) is 17.8. The minimum Gasteiger partial charge on any atom is -0.317 e. The van der Waals surface area contributed by atoms with Gasteiger partial charge in [-0.2, -0.15) is 0 Å². The molecule has 1 aromatic carbocycles.